The standard InChI is InChI=1S/C33H40FN4S/c1-19-14-25(34)28-29(39-30-36-35-18-38(28)30)27(19)26-16-22(24(17-37(26)11)33(8,9)10)21-13-12-20(31(2,3)4)15-23(21)32(5,6)7/h12-18H,1-11H3/q+1. The van der Waals surface area contributed by atoms with Gasteiger partial charge in [-0.25, -0.2) is 8.96 Å². The van der Waals surface area contributed by atoms with Gasteiger partial charge in [0.25, 0.3) is 0 Å². The largest absolute Gasteiger partial charge is 0.269 e. The zero-order valence-electron chi connectivity index (χ0n) is 25.1. The van der Waals surface area contributed by atoms with Crippen LogP contribution in [0.15, 0.2) is 42.9 Å². The van der Waals surface area contributed by atoms with Crippen molar-refractivity contribution in [1.29, 1.82) is 0 Å². The molecule has 0 unspecified atom stereocenters. The van der Waals surface area contributed by atoms with Crippen LogP contribution < -0.4 is 4.57 Å². The molecule has 3 aromatic heterocycles. The number of aromatic nitrogens is 4. The van der Waals surface area contributed by atoms with Crippen molar-refractivity contribution >= 4 is 26.5 Å². The van der Waals surface area contributed by atoms with Gasteiger partial charge in [-0.05, 0) is 57.1 Å². The molecular weight excluding hydrogens is 503 g/mol. The molecule has 0 aliphatic heterocycles. The summed E-state index contributed by atoms with van der Waals surface area (Å²) in [5, 5.41) is 8.22. The van der Waals surface area contributed by atoms with Crippen LogP contribution in [-0.2, 0) is 23.3 Å². The summed E-state index contributed by atoms with van der Waals surface area (Å²) < 4.78 is 20.1. The van der Waals surface area contributed by atoms with Crippen molar-refractivity contribution in [3.8, 4) is 22.4 Å². The number of fused-ring (bicyclic) bond motifs is 3. The van der Waals surface area contributed by atoms with Gasteiger partial charge in [-0.3, -0.25) is 4.40 Å². The number of hydrogen-bond donors (Lipinski definition) is 0. The van der Waals surface area contributed by atoms with Gasteiger partial charge in [-0.15, -0.1) is 10.2 Å². The lowest BCUT2D eigenvalue weighted by atomic mass is 9.74. The molecule has 4 nitrogen and oxygen atoms in total. The Morgan fingerprint density at radius 2 is 1.51 bits per heavy atom. The van der Waals surface area contributed by atoms with E-state index in [2.05, 4.69) is 115 Å². The summed E-state index contributed by atoms with van der Waals surface area (Å²) >= 11 is 1.49. The SMILES string of the molecule is Cc1cc(F)c2c(sc3nncn32)c1-c1cc(-c2ccc(C(C)(C)C)cc2C(C)(C)C)c(C(C)(C)C)c[n+]1C. The quantitative estimate of drug-likeness (QED) is 0.209. The fraction of sp³-hybridized carbons (Fsp3) is 0.424. The van der Waals surface area contributed by atoms with E-state index in [1.54, 1.807) is 16.8 Å². The number of thiazole rings is 1. The lowest BCUT2D eigenvalue weighted by Gasteiger charge is -2.30. The van der Waals surface area contributed by atoms with Crippen LogP contribution in [0.1, 0.15) is 84.6 Å². The average Bonchev–Trinajstić information content (AvgIpc) is 3.39. The number of halogens is 1. The topological polar surface area (TPSA) is 34.1 Å². The van der Waals surface area contributed by atoms with Crippen LogP contribution in [-0.4, -0.2) is 14.6 Å². The van der Waals surface area contributed by atoms with Gasteiger partial charge in [0.05, 0.1) is 10.3 Å². The summed E-state index contributed by atoms with van der Waals surface area (Å²) in [5.74, 6) is -0.251. The van der Waals surface area contributed by atoms with E-state index >= 15 is 4.39 Å². The Morgan fingerprint density at radius 1 is 0.846 bits per heavy atom. The van der Waals surface area contributed by atoms with Crippen molar-refractivity contribution in [1.82, 2.24) is 14.6 Å². The lowest BCUT2D eigenvalue weighted by Crippen LogP contribution is -2.34. The smallest absolute Gasteiger partial charge is 0.217 e. The maximum absolute atomic E-state index is 15.3. The third-order valence-electron chi connectivity index (χ3n) is 7.68. The number of nitrogens with zero attached hydrogens (tertiary/aromatic N) is 4. The first kappa shape index (κ1) is 27.4. The fourth-order valence-corrected chi connectivity index (χ4v) is 6.67. The molecule has 0 aliphatic carbocycles. The van der Waals surface area contributed by atoms with Gasteiger partial charge in [0.1, 0.15) is 24.7 Å². The molecule has 6 heteroatoms. The molecule has 0 spiro atoms. The van der Waals surface area contributed by atoms with Crippen molar-refractivity contribution in [2.24, 2.45) is 7.05 Å². The molecule has 0 atom stereocenters. The first-order valence-electron chi connectivity index (χ1n) is 13.6. The second-order valence-electron chi connectivity index (χ2n) is 13.9. The Bertz CT molecular complexity index is 1740. The summed E-state index contributed by atoms with van der Waals surface area (Å²) in [6.45, 7) is 22.5. The molecule has 0 bridgehead atoms. The third kappa shape index (κ3) is 4.67. The molecule has 5 aromatic rings. The Labute approximate surface area is 235 Å². The molecule has 39 heavy (non-hydrogen) atoms. The summed E-state index contributed by atoms with van der Waals surface area (Å²) in [5.41, 5.74) is 9.89. The van der Waals surface area contributed by atoms with E-state index in [1.165, 1.54) is 39.2 Å². The van der Waals surface area contributed by atoms with Crippen molar-refractivity contribution in [2.45, 2.75) is 85.5 Å². The Hall–Kier alpha value is -3.12. The normalized spacial score (nSPS) is 13.1. The third-order valence-corrected chi connectivity index (χ3v) is 8.74. The highest BCUT2D eigenvalue weighted by atomic mass is 32.1. The Morgan fingerprint density at radius 3 is 2.13 bits per heavy atom. The molecule has 0 amide bonds. The van der Waals surface area contributed by atoms with Gasteiger partial charge in [-0.1, -0.05) is 91.8 Å². The number of aryl methyl sites for hydroxylation is 2. The van der Waals surface area contributed by atoms with Crippen molar-refractivity contribution in [3.63, 3.8) is 0 Å². The molecular formula is C33H40FN4S+. The highest BCUT2D eigenvalue weighted by molar-refractivity contribution is 7.24. The second kappa shape index (κ2) is 8.95. The van der Waals surface area contributed by atoms with Gasteiger partial charge in [0.2, 0.25) is 10.7 Å². The molecule has 0 N–H and O–H groups in total. The zero-order chi connectivity index (χ0) is 28.7. The second-order valence-corrected chi connectivity index (χ2v) is 14.9. The molecule has 204 valence electrons. The molecule has 0 aliphatic rings. The maximum atomic E-state index is 15.3. The van der Waals surface area contributed by atoms with Crippen LogP contribution in [0.5, 0.6) is 0 Å². The van der Waals surface area contributed by atoms with Crippen LogP contribution in [0, 0.1) is 12.7 Å². The minimum absolute atomic E-state index is 0.0466. The number of rotatable bonds is 2. The van der Waals surface area contributed by atoms with Crippen LogP contribution in [0.25, 0.3) is 37.6 Å². The van der Waals surface area contributed by atoms with E-state index in [9.17, 15) is 0 Å². The summed E-state index contributed by atoms with van der Waals surface area (Å²) in [6.07, 6.45) is 3.86. The summed E-state index contributed by atoms with van der Waals surface area (Å²) in [7, 11) is 2.09. The van der Waals surface area contributed by atoms with Crippen LogP contribution in [0.3, 0.4) is 0 Å². The van der Waals surface area contributed by atoms with E-state index < -0.39 is 0 Å². The van der Waals surface area contributed by atoms with Crippen LogP contribution in [0.2, 0.25) is 0 Å². The van der Waals surface area contributed by atoms with Gasteiger partial charge in [0, 0.05) is 11.6 Å². The van der Waals surface area contributed by atoms with Gasteiger partial charge >= 0.3 is 0 Å². The highest BCUT2D eigenvalue weighted by Gasteiger charge is 2.31. The number of benzene rings is 2. The number of pyridine rings is 1. The molecule has 2 aromatic carbocycles. The molecule has 0 saturated heterocycles. The van der Waals surface area contributed by atoms with E-state index in [0.29, 0.717) is 10.5 Å². The minimum Gasteiger partial charge on any atom is -0.269 e. The predicted octanol–water partition coefficient (Wildman–Crippen LogP) is 8.44. The minimum atomic E-state index is -0.251. The van der Waals surface area contributed by atoms with Gasteiger partial charge in [-0.2, -0.15) is 0 Å². The Kier molecular flexibility index (Phi) is 6.30. The number of hydrogen-bond acceptors (Lipinski definition) is 3. The van der Waals surface area contributed by atoms with E-state index in [-0.39, 0.29) is 22.1 Å². The highest BCUT2D eigenvalue weighted by Crippen LogP contribution is 2.43. The monoisotopic (exact) mass is 543 g/mol. The zero-order valence-corrected chi connectivity index (χ0v) is 25.9. The van der Waals surface area contributed by atoms with E-state index in [0.717, 1.165) is 21.5 Å². The van der Waals surface area contributed by atoms with Crippen molar-refractivity contribution < 1.29 is 8.96 Å². The fourth-order valence-electron chi connectivity index (χ4n) is 5.50. The summed E-state index contributed by atoms with van der Waals surface area (Å²) in [6, 6.07) is 11.0. The van der Waals surface area contributed by atoms with Crippen molar-refractivity contribution in [3.05, 3.63) is 70.9 Å². The molecule has 5 rings (SSSR count). The summed E-state index contributed by atoms with van der Waals surface area (Å²) in [4.78, 5) is 0.692. The average molecular weight is 544 g/mol. The van der Waals surface area contributed by atoms with Gasteiger partial charge < -0.3 is 0 Å². The van der Waals surface area contributed by atoms with E-state index in [1.807, 2.05) is 6.92 Å². The Balaban J connectivity index is 1.88. The molecule has 3 heterocycles. The van der Waals surface area contributed by atoms with Gasteiger partial charge in [0.15, 0.2) is 6.20 Å². The van der Waals surface area contributed by atoms with Crippen molar-refractivity contribution in [2.75, 3.05) is 0 Å². The molecule has 0 saturated carbocycles. The molecule has 0 radical (unpaired) electrons. The molecule has 0 fully saturated rings. The lowest BCUT2D eigenvalue weighted by molar-refractivity contribution is -0.660. The first-order valence-corrected chi connectivity index (χ1v) is 14.4. The predicted molar refractivity (Wildman–Crippen MR) is 161 cm³/mol. The van der Waals surface area contributed by atoms with Crippen LogP contribution >= 0.6 is 11.3 Å². The maximum Gasteiger partial charge on any atom is 0.217 e. The first-order chi connectivity index (χ1) is 18.0. The van der Waals surface area contributed by atoms with Crippen LogP contribution in [0.4, 0.5) is 4.39 Å². The van der Waals surface area contributed by atoms with E-state index in [4.69, 9.17) is 0 Å².